The van der Waals surface area contributed by atoms with E-state index in [1.165, 1.54) is 0 Å². The van der Waals surface area contributed by atoms with Crippen LogP contribution in [0.3, 0.4) is 0 Å². The maximum absolute atomic E-state index is 12.6. The van der Waals surface area contributed by atoms with Crippen LogP contribution in [-0.2, 0) is 32.2 Å². The molecule has 0 radical (unpaired) electrons. The van der Waals surface area contributed by atoms with Gasteiger partial charge in [0.25, 0.3) is 5.91 Å². The second-order valence-electron chi connectivity index (χ2n) is 7.86. The van der Waals surface area contributed by atoms with Gasteiger partial charge in [0, 0.05) is 28.9 Å². The van der Waals surface area contributed by atoms with Crippen LogP contribution in [0.25, 0.3) is 11.3 Å². The Kier molecular flexibility index (Phi) is 4.79. The molecule has 2 aromatic carbocycles. The molecule has 3 heterocycles. The summed E-state index contributed by atoms with van der Waals surface area (Å²) in [7, 11) is 0. The molecule has 0 bridgehead atoms. The van der Waals surface area contributed by atoms with Gasteiger partial charge in [-0.25, -0.2) is 0 Å². The van der Waals surface area contributed by atoms with Crippen LogP contribution < -0.4 is 5.32 Å². The fraction of sp³-hybridized carbons (Fsp3) is 0.333. The number of ether oxygens (including phenoxy) is 2. The van der Waals surface area contributed by atoms with Crippen LogP contribution in [0.1, 0.15) is 42.0 Å². The van der Waals surface area contributed by atoms with Gasteiger partial charge in [-0.1, -0.05) is 36.4 Å². The molecule has 1 saturated heterocycles. The second kappa shape index (κ2) is 7.61. The molecule has 1 amide bonds. The van der Waals surface area contributed by atoms with Gasteiger partial charge in [0.1, 0.15) is 18.4 Å². The number of esters is 1. The van der Waals surface area contributed by atoms with Crippen molar-refractivity contribution >= 4 is 28.9 Å². The summed E-state index contributed by atoms with van der Waals surface area (Å²) in [5.41, 5.74) is 5.46. The van der Waals surface area contributed by atoms with Crippen LogP contribution in [0.5, 0.6) is 0 Å². The standard InChI is InChI=1S/C24H24N2O4/c1-2-29-24(28)20-8-5-11-26(20)13-15-9-10-17-16(12-15)14-30-22(17)21-18-6-3-4-7-19(18)25-23(21)27/h3-4,6-7,9-10,12,20H,2,5,8,11,13-14H2,1H3,(H,25,27)/b22-21+/t20-/m0/s1. The van der Waals surface area contributed by atoms with Gasteiger partial charge in [-0.15, -0.1) is 0 Å². The maximum atomic E-state index is 12.6. The van der Waals surface area contributed by atoms with Crippen LogP contribution in [0.4, 0.5) is 5.69 Å². The molecule has 3 aliphatic heterocycles. The Bertz CT molecular complexity index is 1060. The Morgan fingerprint density at radius 1 is 1.23 bits per heavy atom. The summed E-state index contributed by atoms with van der Waals surface area (Å²) in [6.07, 6.45) is 1.85. The molecule has 0 spiro atoms. The minimum atomic E-state index is -0.161. The Balaban J connectivity index is 1.41. The monoisotopic (exact) mass is 404 g/mol. The lowest BCUT2D eigenvalue weighted by Gasteiger charge is -2.23. The lowest BCUT2D eigenvalue weighted by Crippen LogP contribution is -2.36. The van der Waals surface area contributed by atoms with E-state index in [-0.39, 0.29) is 17.9 Å². The molecule has 0 unspecified atom stereocenters. The molecular weight excluding hydrogens is 380 g/mol. The van der Waals surface area contributed by atoms with E-state index in [2.05, 4.69) is 22.3 Å². The molecular formula is C24H24N2O4. The normalized spacial score (nSPS) is 22.4. The summed E-state index contributed by atoms with van der Waals surface area (Å²) in [6.45, 7) is 4.29. The van der Waals surface area contributed by atoms with Gasteiger partial charge in [0.2, 0.25) is 0 Å². The van der Waals surface area contributed by atoms with Gasteiger partial charge < -0.3 is 14.8 Å². The first kappa shape index (κ1) is 18.9. The Morgan fingerprint density at radius 2 is 2.10 bits per heavy atom. The van der Waals surface area contributed by atoms with Crippen molar-refractivity contribution < 1.29 is 19.1 Å². The number of likely N-dealkylation sites (tertiary alicyclic amines) is 1. The van der Waals surface area contributed by atoms with Crippen molar-refractivity contribution in [1.29, 1.82) is 0 Å². The van der Waals surface area contributed by atoms with Gasteiger partial charge >= 0.3 is 5.97 Å². The summed E-state index contributed by atoms with van der Waals surface area (Å²) < 4.78 is 11.2. The lowest BCUT2D eigenvalue weighted by molar-refractivity contribution is -0.148. The van der Waals surface area contributed by atoms with Crippen LogP contribution in [0, 0.1) is 0 Å². The van der Waals surface area contributed by atoms with E-state index in [0.29, 0.717) is 31.1 Å². The van der Waals surface area contributed by atoms with Crippen LogP contribution >= 0.6 is 0 Å². The number of carbonyl (C=O) groups is 2. The van der Waals surface area contributed by atoms with Crippen molar-refractivity contribution in [3.8, 4) is 0 Å². The SMILES string of the molecule is CCOC(=O)[C@@H]1CCCN1Cc1ccc2c(c1)CO/C2=C1/C(=O)Nc2ccccc21. The highest BCUT2D eigenvalue weighted by atomic mass is 16.5. The molecule has 1 fully saturated rings. The van der Waals surface area contributed by atoms with E-state index in [1.807, 2.05) is 37.3 Å². The van der Waals surface area contributed by atoms with Gasteiger partial charge in [0.05, 0.1) is 12.2 Å². The summed E-state index contributed by atoms with van der Waals surface area (Å²) >= 11 is 0. The van der Waals surface area contributed by atoms with Gasteiger partial charge in [-0.05, 0) is 37.9 Å². The number of para-hydroxylation sites is 1. The third kappa shape index (κ3) is 3.17. The molecule has 0 aliphatic carbocycles. The summed E-state index contributed by atoms with van der Waals surface area (Å²) in [5, 5.41) is 2.91. The average Bonchev–Trinajstić information content (AvgIpc) is 3.44. The molecule has 5 rings (SSSR count). The molecule has 1 atom stereocenters. The van der Waals surface area contributed by atoms with Gasteiger partial charge in [0.15, 0.2) is 0 Å². The Hall–Kier alpha value is -3.12. The number of amides is 1. The zero-order chi connectivity index (χ0) is 20.7. The topological polar surface area (TPSA) is 67.9 Å². The molecule has 6 heteroatoms. The molecule has 1 N–H and O–H groups in total. The minimum Gasteiger partial charge on any atom is -0.487 e. The van der Waals surface area contributed by atoms with E-state index < -0.39 is 0 Å². The smallest absolute Gasteiger partial charge is 0.323 e. The van der Waals surface area contributed by atoms with Crippen molar-refractivity contribution in [2.24, 2.45) is 0 Å². The van der Waals surface area contributed by atoms with Gasteiger partial charge in [-0.3, -0.25) is 14.5 Å². The molecule has 0 aromatic heterocycles. The van der Waals surface area contributed by atoms with Crippen molar-refractivity contribution in [2.45, 2.75) is 39.0 Å². The molecule has 154 valence electrons. The zero-order valence-corrected chi connectivity index (χ0v) is 16.9. The number of hydrogen-bond acceptors (Lipinski definition) is 5. The number of hydrogen-bond donors (Lipinski definition) is 1. The first-order valence-electron chi connectivity index (χ1n) is 10.5. The highest BCUT2D eigenvalue weighted by molar-refractivity contribution is 6.36. The summed E-state index contributed by atoms with van der Waals surface area (Å²) in [4.78, 5) is 27.0. The van der Waals surface area contributed by atoms with E-state index in [1.54, 1.807) is 0 Å². The van der Waals surface area contributed by atoms with E-state index in [0.717, 1.165) is 47.3 Å². The molecule has 6 nitrogen and oxygen atoms in total. The van der Waals surface area contributed by atoms with E-state index in [4.69, 9.17) is 9.47 Å². The third-order valence-electron chi connectivity index (χ3n) is 5.99. The number of rotatable bonds is 4. The number of nitrogens with zero attached hydrogens (tertiary/aromatic N) is 1. The molecule has 3 aliphatic rings. The predicted molar refractivity (Wildman–Crippen MR) is 113 cm³/mol. The van der Waals surface area contributed by atoms with Gasteiger partial charge in [-0.2, -0.15) is 0 Å². The van der Waals surface area contributed by atoms with Crippen LogP contribution in [0.2, 0.25) is 0 Å². The fourth-order valence-corrected chi connectivity index (χ4v) is 4.62. The highest BCUT2D eigenvalue weighted by Gasteiger charge is 2.34. The summed E-state index contributed by atoms with van der Waals surface area (Å²) in [6, 6.07) is 13.7. The average molecular weight is 404 g/mol. The number of anilines is 1. The quantitative estimate of drug-likeness (QED) is 0.623. The van der Waals surface area contributed by atoms with Crippen molar-refractivity contribution in [1.82, 2.24) is 4.90 Å². The second-order valence-corrected chi connectivity index (χ2v) is 7.86. The first-order valence-corrected chi connectivity index (χ1v) is 10.5. The van der Waals surface area contributed by atoms with Crippen LogP contribution in [-0.4, -0.2) is 36.0 Å². The minimum absolute atomic E-state index is 0.127. The highest BCUT2D eigenvalue weighted by Crippen LogP contribution is 2.41. The van der Waals surface area contributed by atoms with E-state index >= 15 is 0 Å². The third-order valence-corrected chi connectivity index (χ3v) is 5.99. The first-order chi connectivity index (χ1) is 14.7. The number of nitrogens with one attached hydrogen (secondary N) is 1. The van der Waals surface area contributed by atoms with Crippen molar-refractivity contribution in [3.63, 3.8) is 0 Å². The van der Waals surface area contributed by atoms with E-state index in [9.17, 15) is 9.59 Å². The Labute approximate surface area is 175 Å². The molecule has 2 aromatic rings. The van der Waals surface area contributed by atoms with Crippen LogP contribution in [0.15, 0.2) is 42.5 Å². The number of carbonyl (C=O) groups excluding carboxylic acids is 2. The maximum Gasteiger partial charge on any atom is 0.323 e. The fourth-order valence-electron chi connectivity index (χ4n) is 4.62. The molecule has 30 heavy (non-hydrogen) atoms. The van der Waals surface area contributed by atoms with Crippen molar-refractivity contribution in [2.75, 3.05) is 18.5 Å². The zero-order valence-electron chi connectivity index (χ0n) is 16.9. The lowest BCUT2D eigenvalue weighted by atomic mass is 9.99. The number of benzene rings is 2. The Morgan fingerprint density at radius 3 is 2.97 bits per heavy atom. The molecule has 0 saturated carbocycles. The largest absolute Gasteiger partial charge is 0.487 e. The predicted octanol–water partition coefficient (Wildman–Crippen LogP) is 3.56. The summed E-state index contributed by atoms with van der Waals surface area (Å²) in [5.74, 6) is 0.388. The van der Waals surface area contributed by atoms with Crippen molar-refractivity contribution in [3.05, 3.63) is 64.7 Å². The number of fused-ring (bicyclic) bond motifs is 2.